The fraction of sp³-hybridized carbons (Fsp3) is 0.0952. The number of ether oxygens (including phenoxy) is 2. The molecule has 0 fully saturated rings. The number of benzene rings is 3. The van der Waals surface area contributed by atoms with Crippen LogP contribution in [0.25, 0.3) is 0 Å². The molecule has 0 saturated heterocycles. The topological polar surface area (TPSA) is 102 Å². The summed E-state index contributed by atoms with van der Waals surface area (Å²) in [6.07, 6.45) is 0. The van der Waals surface area contributed by atoms with Crippen molar-refractivity contribution < 1.29 is 24.5 Å². The second-order valence-electron chi connectivity index (χ2n) is 6.54. The maximum Gasteiger partial charge on any atom is 0.340 e. The summed E-state index contributed by atoms with van der Waals surface area (Å²) in [5.41, 5.74) is 7.33. The third-order valence-corrected chi connectivity index (χ3v) is 5.15. The Bertz CT molecular complexity index is 1130. The molecule has 0 bridgehead atoms. The number of aromatic hydroxyl groups is 2. The van der Waals surface area contributed by atoms with E-state index in [1.165, 1.54) is 18.2 Å². The first-order valence-corrected chi connectivity index (χ1v) is 8.46. The summed E-state index contributed by atoms with van der Waals surface area (Å²) in [5, 5.41) is 20.2. The van der Waals surface area contributed by atoms with E-state index in [4.69, 9.17) is 15.2 Å². The summed E-state index contributed by atoms with van der Waals surface area (Å²) < 4.78 is 12.0. The molecule has 0 amide bonds. The van der Waals surface area contributed by atoms with Gasteiger partial charge in [-0.3, -0.25) is 0 Å². The van der Waals surface area contributed by atoms with Crippen molar-refractivity contribution in [1.82, 2.24) is 0 Å². The standard InChI is InChI=1S/C21H15NO5.BrH/c22-10-13-17(24)8-7-16-19(13)26-18-9-11(23)5-6-15(18)21(16)14-4-2-1-3-12(14)20(25)27-21;/h1-9,23-24H,10,22H2;1H. The van der Waals surface area contributed by atoms with E-state index in [1.807, 2.05) is 12.1 Å². The summed E-state index contributed by atoms with van der Waals surface area (Å²) in [7, 11) is 0. The van der Waals surface area contributed by atoms with Crippen molar-refractivity contribution >= 4 is 23.0 Å². The number of hydrogen-bond acceptors (Lipinski definition) is 6. The largest absolute Gasteiger partial charge is 0.508 e. The molecule has 7 heteroatoms. The van der Waals surface area contributed by atoms with Crippen molar-refractivity contribution in [2.24, 2.45) is 5.73 Å². The molecule has 0 aromatic heterocycles. The molecular formula is C21H16BrNO5. The summed E-state index contributed by atoms with van der Waals surface area (Å²) >= 11 is 0. The minimum atomic E-state index is -1.23. The highest BCUT2D eigenvalue weighted by atomic mass is 79.9. The third-order valence-electron chi connectivity index (χ3n) is 5.15. The lowest BCUT2D eigenvalue weighted by molar-refractivity contribution is 0.0223. The molecule has 4 N–H and O–H groups in total. The molecule has 2 heterocycles. The molecule has 2 aliphatic heterocycles. The molecule has 3 aromatic rings. The molecule has 1 unspecified atom stereocenters. The second-order valence-corrected chi connectivity index (χ2v) is 6.54. The van der Waals surface area contributed by atoms with Gasteiger partial charge in [0.25, 0.3) is 0 Å². The third kappa shape index (κ3) is 2.20. The predicted octanol–water partition coefficient (Wildman–Crippen LogP) is 3.70. The number of carbonyl (C=O) groups excluding carboxylic acids is 1. The zero-order valence-electron chi connectivity index (χ0n) is 14.5. The lowest BCUT2D eigenvalue weighted by Gasteiger charge is -2.37. The second kappa shape index (κ2) is 6.25. The zero-order chi connectivity index (χ0) is 18.8. The van der Waals surface area contributed by atoms with E-state index in [1.54, 1.807) is 24.3 Å². The normalized spacial score (nSPS) is 18.4. The zero-order valence-corrected chi connectivity index (χ0v) is 16.2. The molecule has 3 aromatic carbocycles. The monoisotopic (exact) mass is 441 g/mol. The highest BCUT2D eigenvalue weighted by Crippen LogP contribution is 2.57. The van der Waals surface area contributed by atoms with Gasteiger partial charge >= 0.3 is 5.97 Å². The fourth-order valence-corrected chi connectivity index (χ4v) is 3.97. The summed E-state index contributed by atoms with van der Waals surface area (Å²) in [5.74, 6) is 0.235. The molecule has 0 radical (unpaired) electrons. The van der Waals surface area contributed by atoms with E-state index >= 15 is 0 Å². The van der Waals surface area contributed by atoms with E-state index in [9.17, 15) is 15.0 Å². The van der Waals surface area contributed by atoms with E-state index in [-0.39, 0.29) is 35.0 Å². The van der Waals surface area contributed by atoms with Crippen molar-refractivity contribution in [2.45, 2.75) is 12.1 Å². The smallest absolute Gasteiger partial charge is 0.340 e. The lowest BCUT2D eigenvalue weighted by Crippen LogP contribution is -2.33. The van der Waals surface area contributed by atoms with Crippen molar-refractivity contribution in [3.63, 3.8) is 0 Å². The molecule has 6 nitrogen and oxygen atoms in total. The molecule has 1 spiro atoms. The Morgan fingerprint density at radius 2 is 1.71 bits per heavy atom. The van der Waals surface area contributed by atoms with Crippen LogP contribution in [0.2, 0.25) is 0 Å². The van der Waals surface area contributed by atoms with Crippen LogP contribution in [0, 0.1) is 0 Å². The molecular weight excluding hydrogens is 426 g/mol. The number of carbonyl (C=O) groups is 1. The predicted molar refractivity (Wildman–Crippen MR) is 106 cm³/mol. The van der Waals surface area contributed by atoms with Gasteiger partial charge in [0.05, 0.1) is 11.1 Å². The number of rotatable bonds is 1. The lowest BCUT2D eigenvalue weighted by atomic mass is 9.77. The minimum absolute atomic E-state index is 0. The van der Waals surface area contributed by atoms with Gasteiger partial charge in [0, 0.05) is 29.3 Å². The molecule has 0 saturated carbocycles. The van der Waals surface area contributed by atoms with Crippen LogP contribution in [-0.4, -0.2) is 16.2 Å². The van der Waals surface area contributed by atoms with Crippen LogP contribution < -0.4 is 10.5 Å². The molecule has 2 aliphatic rings. The molecule has 1 atom stereocenters. The van der Waals surface area contributed by atoms with Crippen LogP contribution in [0.3, 0.4) is 0 Å². The van der Waals surface area contributed by atoms with Gasteiger partial charge in [-0.15, -0.1) is 17.0 Å². The van der Waals surface area contributed by atoms with Crippen molar-refractivity contribution in [1.29, 1.82) is 0 Å². The Kier molecular flexibility index (Phi) is 4.10. The van der Waals surface area contributed by atoms with E-state index < -0.39 is 11.6 Å². The molecule has 5 rings (SSSR count). The minimum Gasteiger partial charge on any atom is -0.508 e. The fourth-order valence-electron chi connectivity index (χ4n) is 3.97. The number of phenolic OH excluding ortho intramolecular Hbond substituents is 2. The van der Waals surface area contributed by atoms with Crippen LogP contribution >= 0.6 is 17.0 Å². The number of nitrogens with two attached hydrogens (primary N) is 1. The Hall–Kier alpha value is -3.03. The van der Waals surface area contributed by atoms with Gasteiger partial charge in [0.15, 0.2) is 5.60 Å². The van der Waals surface area contributed by atoms with E-state index in [0.29, 0.717) is 39.3 Å². The Morgan fingerprint density at radius 3 is 2.50 bits per heavy atom. The van der Waals surface area contributed by atoms with Gasteiger partial charge in [-0.05, 0) is 30.3 Å². The van der Waals surface area contributed by atoms with Gasteiger partial charge < -0.3 is 25.4 Å². The summed E-state index contributed by atoms with van der Waals surface area (Å²) in [6.45, 7) is 0.0365. The van der Waals surface area contributed by atoms with Crippen molar-refractivity contribution in [2.75, 3.05) is 0 Å². The number of halogens is 1. The van der Waals surface area contributed by atoms with E-state index in [2.05, 4.69) is 0 Å². The van der Waals surface area contributed by atoms with Gasteiger partial charge in [-0.25, -0.2) is 4.79 Å². The number of hydrogen-bond donors (Lipinski definition) is 3. The van der Waals surface area contributed by atoms with Crippen molar-refractivity contribution in [3.8, 4) is 23.0 Å². The highest BCUT2D eigenvalue weighted by Gasteiger charge is 2.54. The van der Waals surface area contributed by atoms with Gasteiger partial charge in [-0.2, -0.15) is 0 Å². The van der Waals surface area contributed by atoms with Gasteiger partial charge in [-0.1, -0.05) is 18.2 Å². The average molecular weight is 442 g/mol. The number of esters is 1. The molecule has 142 valence electrons. The average Bonchev–Trinajstić information content (AvgIpc) is 2.95. The van der Waals surface area contributed by atoms with Crippen LogP contribution in [0.15, 0.2) is 54.6 Å². The van der Waals surface area contributed by atoms with Gasteiger partial charge in [0.2, 0.25) is 0 Å². The highest BCUT2D eigenvalue weighted by molar-refractivity contribution is 8.93. The maximum atomic E-state index is 12.7. The summed E-state index contributed by atoms with van der Waals surface area (Å²) in [4.78, 5) is 12.7. The Labute approximate surface area is 170 Å². The first-order chi connectivity index (χ1) is 13.1. The Morgan fingerprint density at radius 1 is 0.964 bits per heavy atom. The SMILES string of the molecule is Br.NCc1c(O)ccc2c1Oc1cc(O)ccc1C21OC(=O)c2ccccc21. The van der Waals surface area contributed by atoms with Crippen LogP contribution in [0.4, 0.5) is 0 Å². The first kappa shape index (κ1) is 18.3. The van der Waals surface area contributed by atoms with Crippen LogP contribution in [0.1, 0.15) is 32.6 Å². The molecule has 28 heavy (non-hydrogen) atoms. The number of fused-ring (bicyclic) bond motifs is 6. The van der Waals surface area contributed by atoms with Crippen LogP contribution in [-0.2, 0) is 16.9 Å². The number of phenols is 2. The van der Waals surface area contributed by atoms with Crippen LogP contribution in [0.5, 0.6) is 23.0 Å². The van der Waals surface area contributed by atoms with Crippen molar-refractivity contribution in [3.05, 3.63) is 82.4 Å². The Balaban J connectivity index is 0.00000192. The van der Waals surface area contributed by atoms with Gasteiger partial charge in [0.1, 0.15) is 23.0 Å². The molecule has 0 aliphatic carbocycles. The quantitative estimate of drug-likeness (QED) is 0.497. The summed E-state index contributed by atoms with van der Waals surface area (Å²) in [6, 6.07) is 15.0. The maximum absolute atomic E-state index is 12.7. The van der Waals surface area contributed by atoms with E-state index in [0.717, 1.165) is 0 Å². The first-order valence-electron chi connectivity index (χ1n) is 8.46.